The van der Waals surface area contributed by atoms with Crippen LogP contribution in [-0.2, 0) is 28.6 Å². The molecule has 0 saturated carbocycles. The van der Waals surface area contributed by atoms with Gasteiger partial charge in [-0.2, -0.15) is 0 Å². The zero-order valence-electron chi connectivity index (χ0n) is 49.1. The zero-order chi connectivity index (χ0) is 53.6. The number of hydrogen-bond acceptors (Lipinski definition) is 6. The lowest BCUT2D eigenvalue weighted by molar-refractivity contribution is -0.167. The monoisotopic (exact) mass is 1030 g/mol. The summed E-state index contributed by atoms with van der Waals surface area (Å²) in [7, 11) is 0. The van der Waals surface area contributed by atoms with Crippen molar-refractivity contribution in [2.24, 2.45) is 0 Å². The van der Waals surface area contributed by atoms with Crippen LogP contribution >= 0.6 is 0 Å². The molecule has 428 valence electrons. The average molecular weight is 1030 g/mol. The van der Waals surface area contributed by atoms with Crippen LogP contribution in [0.15, 0.2) is 72.9 Å². The predicted molar refractivity (Wildman–Crippen MR) is 321 cm³/mol. The Labute approximate surface area is 459 Å². The summed E-state index contributed by atoms with van der Waals surface area (Å²) in [5, 5.41) is 0. The largest absolute Gasteiger partial charge is 0.462 e. The second-order valence-corrected chi connectivity index (χ2v) is 21.3. The highest BCUT2D eigenvalue weighted by molar-refractivity contribution is 5.71. The van der Waals surface area contributed by atoms with Crippen LogP contribution in [0.25, 0.3) is 0 Å². The summed E-state index contributed by atoms with van der Waals surface area (Å²) in [5.74, 6) is -0.873. The molecule has 1 atom stereocenters. The van der Waals surface area contributed by atoms with E-state index in [1.807, 2.05) is 0 Å². The molecule has 0 aromatic heterocycles. The van der Waals surface area contributed by atoms with Crippen molar-refractivity contribution < 1.29 is 28.6 Å². The van der Waals surface area contributed by atoms with Gasteiger partial charge < -0.3 is 14.2 Å². The molecule has 0 aromatic rings. The van der Waals surface area contributed by atoms with E-state index in [2.05, 4.69) is 93.7 Å². The van der Waals surface area contributed by atoms with Gasteiger partial charge in [0.25, 0.3) is 0 Å². The van der Waals surface area contributed by atoms with Crippen molar-refractivity contribution in [3.05, 3.63) is 72.9 Å². The fourth-order valence-electron chi connectivity index (χ4n) is 9.21. The summed E-state index contributed by atoms with van der Waals surface area (Å²) in [6, 6.07) is 0. The van der Waals surface area contributed by atoms with Gasteiger partial charge in [-0.3, -0.25) is 14.4 Å². The van der Waals surface area contributed by atoms with Gasteiger partial charge in [0.15, 0.2) is 6.10 Å². The minimum absolute atomic E-state index is 0.0755. The molecule has 6 heteroatoms. The number of hydrogen-bond donors (Lipinski definition) is 0. The molecular weight excluding hydrogens is 913 g/mol. The minimum atomic E-state index is -0.779. The second-order valence-electron chi connectivity index (χ2n) is 21.3. The maximum Gasteiger partial charge on any atom is 0.306 e. The molecule has 0 amide bonds. The van der Waals surface area contributed by atoms with Gasteiger partial charge in [0, 0.05) is 19.3 Å². The molecule has 0 aliphatic carbocycles. The number of allylic oxidation sites excluding steroid dienone is 12. The molecule has 0 saturated heterocycles. The Hall–Kier alpha value is -3.15. The molecule has 0 aliphatic heterocycles. The average Bonchev–Trinajstić information content (AvgIpc) is 3.40. The fraction of sp³-hybridized carbons (Fsp3) is 0.779. The molecule has 0 rings (SSSR count). The first-order valence-corrected chi connectivity index (χ1v) is 31.9. The lowest BCUT2D eigenvalue weighted by Crippen LogP contribution is -2.30. The van der Waals surface area contributed by atoms with Crippen molar-refractivity contribution in [3.63, 3.8) is 0 Å². The van der Waals surface area contributed by atoms with Crippen LogP contribution in [-0.4, -0.2) is 37.2 Å². The maximum atomic E-state index is 12.9. The molecule has 0 aromatic carbocycles. The van der Waals surface area contributed by atoms with E-state index in [9.17, 15) is 14.4 Å². The van der Waals surface area contributed by atoms with Gasteiger partial charge in [0.05, 0.1) is 0 Å². The number of unbranched alkanes of at least 4 members (excludes halogenated alkanes) is 35. The number of esters is 3. The lowest BCUT2D eigenvalue weighted by Gasteiger charge is -2.18. The summed E-state index contributed by atoms with van der Waals surface area (Å²) in [4.78, 5) is 38.3. The highest BCUT2D eigenvalue weighted by Crippen LogP contribution is 2.17. The Morgan fingerprint density at radius 2 is 0.527 bits per heavy atom. The quantitative estimate of drug-likeness (QED) is 0.0261. The normalized spacial score (nSPS) is 12.5. The number of carbonyl (C=O) groups excluding carboxylic acids is 3. The Kier molecular flexibility index (Phi) is 59.7. The summed E-state index contributed by atoms with van der Waals surface area (Å²) in [6.07, 6.45) is 80.5. The van der Waals surface area contributed by atoms with Crippen molar-refractivity contribution in [2.45, 2.75) is 329 Å². The second kappa shape index (κ2) is 62.4. The van der Waals surface area contributed by atoms with Crippen molar-refractivity contribution in [1.29, 1.82) is 0 Å². The van der Waals surface area contributed by atoms with Crippen LogP contribution in [0.4, 0.5) is 0 Å². The first kappa shape index (κ1) is 70.8. The predicted octanol–water partition coefficient (Wildman–Crippen LogP) is 21.7. The molecule has 0 spiro atoms. The summed E-state index contributed by atoms with van der Waals surface area (Å²) >= 11 is 0. The van der Waals surface area contributed by atoms with Crippen molar-refractivity contribution in [3.8, 4) is 0 Å². The number of ether oxygens (including phenoxy) is 3. The first-order chi connectivity index (χ1) is 36.5. The van der Waals surface area contributed by atoms with E-state index in [1.54, 1.807) is 0 Å². The molecule has 1 unspecified atom stereocenters. The van der Waals surface area contributed by atoms with Gasteiger partial charge in [-0.1, -0.05) is 306 Å². The first-order valence-electron chi connectivity index (χ1n) is 31.9. The van der Waals surface area contributed by atoms with Gasteiger partial charge in [-0.15, -0.1) is 0 Å². The Morgan fingerprint density at radius 3 is 0.824 bits per heavy atom. The number of rotatable bonds is 58. The Bertz CT molecular complexity index is 1370. The van der Waals surface area contributed by atoms with Gasteiger partial charge in [0.1, 0.15) is 13.2 Å². The van der Waals surface area contributed by atoms with E-state index in [4.69, 9.17) is 14.2 Å². The van der Waals surface area contributed by atoms with Gasteiger partial charge in [-0.05, 0) is 70.6 Å². The standard InChI is InChI=1S/C68H120O6/c1-4-7-10-13-16-19-22-25-27-29-31-32-33-34-35-36-38-39-41-43-46-49-52-55-58-61-67(70)73-64-65(63-72-66(69)60-57-54-51-48-45-24-21-18-15-12-9-6-3)74-68(71)62-59-56-53-50-47-44-42-40-37-30-28-26-23-20-17-14-11-8-5-2/h7,10,16,19,25,27,31-32,34-35,38-39,65H,4-6,8-9,11-15,17-18,20-24,26,28-30,33,36-37,40-64H2,1-3H3/b10-7-,19-16-,27-25-,32-31-,35-34-,39-38-. The molecule has 0 heterocycles. The third-order valence-electron chi connectivity index (χ3n) is 14.0. The highest BCUT2D eigenvalue weighted by Gasteiger charge is 2.19. The molecular formula is C68H120O6. The van der Waals surface area contributed by atoms with E-state index in [0.717, 1.165) is 103 Å². The molecule has 0 N–H and O–H groups in total. The maximum absolute atomic E-state index is 12.9. The van der Waals surface area contributed by atoms with E-state index in [1.165, 1.54) is 180 Å². The van der Waals surface area contributed by atoms with Crippen molar-refractivity contribution in [2.75, 3.05) is 13.2 Å². The van der Waals surface area contributed by atoms with Crippen molar-refractivity contribution in [1.82, 2.24) is 0 Å². The fourth-order valence-corrected chi connectivity index (χ4v) is 9.21. The highest BCUT2D eigenvalue weighted by atomic mass is 16.6. The SMILES string of the molecule is CC/C=C\C/C=C\C/C=C\C/C=C\C/C=C\C/C=C\CCCCCCCCC(=O)OCC(COC(=O)CCCCCCCCCCCCCC)OC(=O)CCCCCCCCCCCCCCCCCCCCC. The molecule has 74 heavy (non-hydrogen) atoms. The third-order valence-corrected chi connectivity index (χ3v) is 14.0. The van der Waals surface area contributed by atoms with Gasteiger partial charge in [0.2, 0.25) is 0 Å². The van der Waals surface area contributed by atoms with E-state index in [0.29, 0.717) is 19.3 Å². The minimum Gasteiger partial charge on any atom is -0.462 e. The lowest BCUT2D eigenvalue weighted by atomic mass is 10.0. The van der Waals surface area contributed by atoms with Crippen LogP contribution in [0.5, 0.6) is 0 Å². The zero-order valence-corrected chi connectivity index (χ0v) is 49.1. The molecule has 0 radical (unpaired) electrons. The molecule has 0 fully saturated rings. The van der Waals surface area contributed by atoms with Crippen LogP contribution in [0.1, 0.15) is 323 Å². The van der Waals surface area contributed by atoms with Crippen LogP contribution in [0.3, 0.4) is 0 Å². The van der Waals surface area contributed by atoms with Gasteiger partial charge in [-0.25, -0.2) is 0 Å². The number of carbonyl (C=O) groups is 3. The third kappa shape index (κ3) is 59.7. The van der Waals surface area contributed by atoms with E-state index < -0.39 is 6.10 Å². The molecule has 6 nitrogen and oxygen atoms in total. The van der Waals surface area contributed by atoms with Gasteiger partial charge >= 0.3 is 17.9 Å². The molecule has 0 bridgehead atoms. The topological polar surface area (TPSA) is 78.9 Å². The smallest absolute Gasteiger partial charge is 0.306 e. The van der Waals surface area contributed by atoms with Crippen molar-refractivity contribution >= 4 is 17.9 Å². The van der Waals surface area contributed by atoms with Crippen LogP contribution < -0.4 is 0 Å². The van der Waals surface area contributed by atoms with Crippen LogP contribution in [0.2, 0.25) is 0 Å². The van der Waals surface area contributed by atoms with Crippen LogP contribution in [0, 0.1) is 0 Å². The Morgan fingerprint density at radius 1 is 0.284 bits per heavy atom. The summed E-state index contributed by atoms with van der Waals surface area (Å²) in [5.41, 5.74) is 0. The Balaban J connectivity index is 4.32. The summed E-state index contributed by atoms with van der Waals surface area (Å²) < 4.78 is 16.9. The summed E-state index contributed by atoms with van der Waals surface area (Å²) in [6.45, 7) is 6.55. The molecule has 0 aliphatic rings. The van der Waals surface area contributed by atoms with E-state index in [-0.39, 0.29) is 31.1 Å². The van der Waals surface area contributed by atoms with E-state index >= 15 is 0 Å².